The molecule has 1 aliphatic rings. The van der Waals surface area contributed by atoms with E-state index in [-0.39, 0.29) is 17.5 Å². The number of amides is 1. The second kappa shape index (κ2) is 7.41. The van der Waals surface area contributed by atoms with Gasteiger partial charge < -0.3 is 10.1 Å². The third-order valence-corrected chi connectivity index (χ3v) is 4.68. The average molecular weight is 433 g/mol. The zero-order valence-corrected chi connectivity index (χ0v) is 15.9. The molecule has 1 aliphatic heterocycles. The molecule has 0 saturated heterocycles. The molecule has 0 bridgehead atoms. The van der Waals surface area contributed by atoms with E-state index < -0.39 is 29.8 Å². The van der Waals surface area contributed by atoms with Crippen molar-refractivity contribution in [2.75, 3.05) is 7.11 Å². The highest BCUT2D eigenvalue weighted by atomic mass is 19.4. The van der Waals surface area contributed by atoms with E-state index in [1.54, 1.807) is 0 Å². The Labute approximate surface area is 172 Å². The first-order valence-electron chi connectivity index (χ1n) is 8.88. The topological polar surface area (TPSA) is 123 Å². The molecular weight excluding hydrogens is 419 g/mol. The molecule has 3 aromatic rings. The molecule has 4 rings (SSSR count). The van der Waals surface area contributed by atoms with Gasteiger partial charge in [-0.2, -0.15) is 23.3 Å². The summed E-state index contributed by atoms with van der Waals surface area (Å²) in [6.45, 7) is 0. The van der Waals surface area contributed by atoms with Gasteiger partial charge in [-0.1, -0.05) is 24.3 Å². The summed E-state index contributed by atoms with van der Waals surface area (Å²) < 4.78 is 45.4. The number of fused-ring (bicyclic) bond motifs is 1. The van der Waals surface area contributed by atoms with E-state index in [0.29, 0.717) is 11.3 Å². The number of nitrogens with zero attached hydrogens (tertiary/aromatic N) is 6. The van der Waals surface area contributed by atoms with Gasteiger partial charge in [0.25, 0.3) is 11.7 Å². The van der Waals surface area contributed by atoms with Gasteiger partial charge in [-0.05, 0) is 5.56 Å². The maximum Gasteiger partial charge on any atom is 0.442 e. The molecule has 1 atom stereocenters. The summed E-state index contributed by atoms with van der Waals surface area (Å²) in [5, 5.41) is 12.7. The molecule has 0 saturated carbocycles. The van der Waals surface area contributed by atoms with Crippen LogP contribution in [0.5, 0.6) is 0 Å². The molecule has 0 fully saturated rings. The van der Waals surface area contributed by atoms with Crippen LogP contribution >= 0.6 is 0 Å². The third kappa shape index (κ3) is 3.81. The van der Waals surface area contributed by atoms with Crippen molar-refractivity contribution in [1.82, 2.24) is 24.9 Å². The summed E-state index contributed by atoms with van der Waals surface area (Å²) in [6.07, 6.45) is -0.688. The Kier molecular flexibility index (Phi) is 4.87. The molecule has 3 heterocycles. The number of esters is 1. The number of nitrogens with one attached hydrogen (secondary N) is 1. The number of benzene rings is 1. The highest BCUT2D eigenvalue weighted by Gasteiger charge is 2.65. The molecule has 1 N–H and O–H groups in total. The van der Waals surface area contributed by atoms with E-state index in [1.807, 2.05) is 0 Å². The van der Waals surface area contributed by atoms with Gasteiger partial charge in [-0.3, -0.25) is 4.79 Å². The molecule has 1 amide bonds. The number of methoxy groups -OCH3 is 1. The van der Waals surface area contributed by atoms with Crippen LogP contribution in [-0.4, -0.2) is 50.8 Å². The van der Waals surface area contributed by atoms with Crippen molar-refractivity contribution in [3.8, 4) is 0 Å². The van der Waals surface area contributed by atoms with Gasteiger partial charge in [0.05, 0.1) is 12.7 Å². The molecule has 0 spiro atoms. The lowest BCUT2D eigenvalue weighted by atomic mass is 9.98. The van der Waals surface area contributed by atoms with E-state index in [2.05, 4.69) is 30.6 Å². The van der Waals surface area contributed by atoms with Crippen molar-refractivity contribution in [1.29, 1.82) is 0 Å². The maximum absolute atomic E-state index is 13.1. The van der Waals surface area contributed by atoms with Gasteiger partial charge in [0.15, 0.2) is 0 Å². The Bertz CT molecular complexity index is 1170. The SMILES string of the molecule is COC(=O)C(Cc1ccc(C2(C(F)(F)F)N=N2)cc1)NC(=O)c1cnc2ncnn2c1. The predicted molar refractivity (Wildman–Crippen MR) is 96.8 cm³/mol. The van der Waals surface area contributed by atoms with Crippen molar-refractivity contribution in [2.45, 2.75) is 24.3 Å². The largest absolute Gasteiger partial charge is 0.467 e. The smallest absolute Gasteiger partial charge is 0.442 e. The van der Waals surface area contributed by atoms with Gasteiger partial charge >= 0.3 is 17.8 Å². The second-order valence-corrected chi connectivity index (χ2v) is 6.67. The predicted octanol–water partition coefficient (Wildman–Crippen LogP) is 1.82. The Morgan fingerprint density at radius 2 is 1.90 bits per heavy atom. The number of hydrogen-bond acceptors (Lipinski definition) is 8. The lowest BCUT2D eigenvalue weighted by Gasteiger charge is -2.18. The van der Waals surface area contributed by atoms with Gasteiger partial charge in [0, 0.05) is 24.4 Å². The highest BCUT2D eigenvalue weighted by molar-refractivity contribution is 5.96. The number of alkyl halides is 3. The lowest BCUT2D eigenvalue weighted by molar-refractivity contribution is -0.166. The van der Waals surface area contributed by atoms with Crippen LogP contribution in [0.15, 0.2) is 53.2 Å². The summed E-state index contributed by atoms with van der Waals surface area (Å²) >= 11 is 0. The van der Waals surface area contributed by atoms with Crippen LogP contribution in [0.25, 0.3) is 5.78 Å². The molecule has 31 heavy (non-hydrogen) atoms. The van der Waals surface area contributed by atoms with E-state index in [1.165, 1.54) is 47.5 Å². The first kappa shape index (κ1) is 20.4. The number of aromatic nitrogens is 4. The van der Waals surface area contributed by atoms with E-state index in [9.17, 15) is 22.8 Å². The Balaban J connectivity index is 1.49. The number of halogens is 3. The summed E-state index contributed by atoms with van der Waals surface area (Å²) in [6, 6.07) is 4.22. The number of carbonyl (C=O) groups is 2. The molecule has 13 heteroatoms. The second-order valence-electron chi connectivity index (χ2n) is 6.67. The normalized spacial score (nSPS) is 15.5. The minimum absolute atomic E-state index is 0.00893. The van der Waals surface area contributed by atoms with Crippen molar-refractivity contribution < 1.29 is 27.5 Å². The highest BCUT2D eigenvalue weighted by Crippen LogP contribution is 2.52. The minimum atomic E-state index is -4.63. The van der Waals surface area contributed by atoms with Gasteiger partial charge in [-0.15, -0.1) is 10.2 Å². The van der Waals surface area contributed by atoms with E-state index >= 15 is 0 Å². The first-order chi connectivity index (χ1) is 14.7. The molecule has 10 nitrogen and oxygen atoms in total. The van der Waals surface area contributed by atoms with Crippen molar-refractivity contribution in [3.05, 3.63) is 59.7 Å². The first-order valence-corrected chi connectivity index (χ1v) is 8.88. The number of ether oxygens (including phenoxy) is 1. The molecular formula is C18H14F3N7O3. The molecule has 2 aromatic heterocycles. The third-order valence-electron chi connectivity index (χ3n) is 4.68. The fraction of sp³-hybridized carbons (Fsp3) is 0.278. The van der Waals surface area contributed by atoms with E-state index in [4.69, 9.17) is 4.74 Å². The Hall–Kier alpha value is -3.90. The Morgan fingerprint density at radius 3 is 2.52 bits per heavy atom. The Morgan fingerprint density at radius 1 is 1.19 bits per heavy atom. The zero-order chi connectivity index (χ0) is 22.2. The summed E-state index contributed by atoms with van der Waals surface area (Å²) in [4.78, 5) is 32.6. The van der Waals surface area contributed by atoms with Crippen LogP contribution in [0.3, 0.4) is 0 Å². The molecule has 160 valence electrons. The zero-order valence-electron chi connectivity index (χ0n) is 15.9. The molecule has 1 aromatic carbocycles. The number of hydrogen-bond donors (Lipinski definition) is 1. The number of carbonyl (C=O) groups excluding carboxylic acids is 2. The van der Waals surface area contributed by atoms with Crippen LogP contribution in [0.2, 0.25) is 0 Å². The molecule has 0 aliphatic carbocycles. The minimum Gasteiger partial charge on any atom is -0.467 e. The van der Waals surface area contributed by atoms with Crippen LogP contribution in [0.4, 0.5) is 13.2 Å². The summed E-state index contributed by atoms with van der Waals surface area (Å²) in [7, 11) is 1.16. The van der Waals surface area contributed by atoms with Gasteiger partial charge in [-0.25, -0.2) is 14.3 Å². The molecule has 0 radical (unpaired) electrons. The fourth-order valence-electron chi connectivity index (χ4n) is 2.97. The fourth-order valence-corrected chi connectivity index (χ4v) is 2.97. The standard InChI is InChI=1S/C18H14F3N7O3/c1-31-15(30)13(25-14(29)11-7-22-16-23-9-24-28(16)8-11)6-10-2-4-12(5-3-10)17(26-27-17)18(19,20)21/h2-5,7-9,13H,6H2,1H3,(H,25,29). The van der Waals surface area contributed by atoms with Crippen molar-refractivity contribution in [2.24, 2.45) is 10.2 Å². The van der Waals surface area contributed by atoms with Crippen molar-refractivity contribution in [3.63, 3.8) is 0 Å². The monoisotopic (exact) mass is 433 g/mol. The van der Waals surface area contributed by atoms with Crippen LogP contribution in [-0.2, 0) is 21.6 Å². The van der Waals surface area contributed by atoms with E-state index in [0.717, 1.165) is 7.11 Å². The van der Waals surface area contributed by atoms with Crippen LogP contribution in [0, 0.1) is 0 Å². The van der Waals surface area contributed by atoms with Crippen LogP contribution < -0.4 is 5.32 Å². The average Bonchev–Trinajstić information content (AvgIpc) is 3.45. The lowest BCUT2D eigenvalue weighted by Crippen LogP contribution is -2.43. The number of rotatable bonds is 6. The maximum atomic E-state index is 13.1. The van der Waals surface area contributed by atoms with Gasteiger partial charge in [0.2, 0.25) is 0 Å². The molecule has 1 unspecified atom stereocenters. The summed E-state index contributed by atoms with van der Waals surface area (Å²) in [5.41, 5.74) is -2.02. The van der Waals surface area contributed by atoms with Gasteiger partial charge in [0.1, 0.15) is 12.4 Å². The summed E-state index contributed by atoms with van der Waals surface area (Å²) in [5.74, 6) is -1.03. The van der Waals surface area contributed by atoms with Crippen molar-refractivity contribution >= 4 is 17.7 Å². The van der Waals surface area contributed by atoms with Crippen LogP contribution in [0.1, 0.15) is 21.5 Å². The quantitative estimate of drug-likeness (QED) is 0.592.